The molecule has 0 aliphatic carbocycles. The van der Waals surface area contributed by atoms with Crippen LogP contribution in [0.25, 0.3) is 10.9 Å². The largest absolute Gasteiger partial charge is 0.351 e. The molecule has 0 bridgehead atoms. The first-order valence-electron chi connectivity index (χ1n) is 9.48. The molecule has 2 N–H and O–H groups in total. The van der Waals surface area contributed by atoms with E-state index in [1.807, 2.05) is 6.07 Å². The number of piperazine rings is 1. The first-order valence-corrected chi connectivity index (χ1v) is 9.48. The maximum absolute atomic E-state index is 12.3. The van der Waals surface area contributed by atoms with Crippen molar-refractivity contribution >= 4 is 16.8 Å². The molecule has 5 heteroatoms. The number of carbonyl (C=O) groups is 1. The summed E-state index contributed by atoms with van der Waals surface area (Å²) >= 11 is 0. The van der Waals surface area contributed by atoms with Crippen LogP contribution in [0.15, 0.2) is 24.3 Å². The molecular weight excluding hydrogens is 312 g/mol. The van der Waals surface area contributed by atoms with E-state index < -0.39 is 0 Å². The van der Waals surface area contributed by atoms with Gasteiger partial charge in [-0.25, -0.2) is 0 Å². The summed E-state index contributed by atoms with van der Waals surface area (Å²) in [5.41, 5.74) is 2.87. The molecule has 1 saturated heterocycles. The number of aromatic amines is 1. The van der Waals surface area contributed by atoms with Crippen LogP contribution in [0.1, 0.15) is 35.8 Å². The van der Waals surface area contributed by atoms with Crippen LogP contribution >= 0.6 is 0 Å². The number of amides is 1. The number of H-pyrrole nitrogens is 1. The Morgan fingerprint density at radius 1 is 1.12 bits per heavy atom. The highest BCUT2D eigenvalue weighted by atomic mass is 16.1. The number of rotatable bonds is 7. The van der Waals surface area contributed by atoms with Gasteiger partial charge in [-0.2, -0.15) is 0 Å². The van der Waals surface area contributed by atoms with Gasteiger partial charge in [-0.05, 0) is 50.6 Å². The molecule has 3 rings (SSSR count). The van der Waals surface area contributed by atoms with Gasteiger partial charge < -0.3 is 20.1 Å². The minimum Gasteiger partial charge on any atom is -0.351 e. The average Bonchev–Trinajstić information content (AvgIpc) is 3.05. The number of nitrogens with one attached hydrogen (secondary N) is 2. The third-order valence-corrected chi connectivity index (χ3v) is 5.12. The topological polar surface area (TPSA) is 51.4 Å². The molecule has 5 nitrogen and oxygen atoms in total. The van der Waals surface area contributed by atoms with Crippen LogP contribution in [-0.4, -0.2) is 66.5 Å². The zero-order chi connectivity index (χ0) is 17.6. The van der Waals surface area contributed by atoms with Crippen LogP contribution in [0.5, 0.6) is 0 Å². The van der Waals surface area contributed by atoms with Crippen molar-refractivity contribution in [1.29, 1.82) is 0 Å². The number of benzene rings is 1. The number of aryl methyl sites for hydroxylation is 1. The Morgan fingerprint density at radius 2 is 1.88 bits per heavy atom. The Bertz CT molecular complexity index is 701. The Kier molecular flexibility index (Phi) is 6.10. The standard InChI is InChI=1S/C20H30N4O/c1-3-23-10-12-24(13-11-23)9-5-4-8-21-20(25)19-15-17-7-6-16(2)14-18(17)22-19/h6-7,14-15,22H,3-5,8-13H2,1-2H3,(H,21,25). The minimum absolute atomic E-state index is 0.00888. The molecule has 1 aromatic heterocycles. The highest BCUT2D eigenvalue weighted by molar-refractivity contribution is 5.98. The molecule has 0 spiro atoms. The molecule has 1 aliphatic heterocycles. The van der Waals surface area contributed by atoms with Crippen LogP contribution in [0.2, 0.25) is 0 Å². The van der Waals surface area contributed by atoms with Crippen molar-refractivity contribution in [2.75, 3.05) is 45.8 Å². The fourth-order valence-electron chi connectivity index (χ4n) is 3.45. The van der Waals surface area contributed by atoms with Crippen LogP contribution in [0, 0.1) is 6.92 Å². The lowest BCUT2D eigenvalue weighted by molar-refractivity contribution is 0.0947. The second kappa shape index (κ2) is 8.50. The van der Waals surface area contributed by atoms with Crippen LogP contribution in [0.3, 0.4) is 0 Å². The molecule has 0 atom stereocenters. The SMILES string of the molecule is CCN1CCN(CCCCNC(=O)c2cc3ccc(C)cc3[nH]2)CC1. The number of hydrogen-bond donors (Lipinski definition) is 2. The summed E-state index contributed by atoms with van der Waals surface area (Å²) < 4.78 is 0. The Labute approximate surface area is 150 Å². The van der Waals surface area contributed by atoms with E-state index in [1.165, 1.54) is 31.7 Å². The van der Waals surface area contributed by atoms with Gasteiger partial charge in [0.05, 0.1) is 0 Å². The van der Waals surface area contributed by atoms with E-state index in [0.29, 0.717) is 5.69 Å². The summed E-state index contributed by atoms with van der Waals surface area (Å²) in [6.45, 7) is 12.0. The second-order valence-corrected chi connectivity index (χ2v) is 7.01. The summed E-state index contributed by atoms with van der Waals surface area (Å²) in [7, 11) is 0. The highest BCUT2D eigenvalue weighted by Crippen LogP contribution is 2.16. The monoisotopic (exact) mass is 342 g/mol. The molecule has 0 saturated carbocycles. The summed E-state index contributed by atoms with van der Waals surface area (Å²) in [6, 6.07) is 8.12. The van der Waals surface area contributed by atoms with E-state index in [2.05, 4.69) is 52.1 Å². The fraction of sp³-hybridized carbons (Fsp3) is 0.550. The van der Waals surface area contributed by atoms with E-state index >= 15 is 0 Å². The average molecular weight is 342 g/mol. The van der Waals surface area contributed by atoms with Crippen molar-refractivity contribution < 1.29 is 4.79 Å². The smallest absolute Gasteiger partial charge is 0.267 e. The number of aromatic nitrogens is 1. The predicted molar refractivity (Wildman–Crippen MR) is 103 cm³/mol. The molecule has 0 radical (unpaired) electrons. The van der Waals surface area contributed by atoms with Crippen molar-refractivity contribution in [1.82, 2.24) is 20.1 Å². The molecule has 2 aromatic rings. The first-order chi connectivity index (χ1) is 12.2. The first kappa shape index (κ1) is 18.0. The van der Waals surface area contributed by atoms with Gasteiger partial charge in [0, 0.05) is 43.6 Å². The third-order valence-electron chi connectivity index (χ3n) is 5.12. The van der Waals surface area contributed by atoms with Crippen LogP contribution in [-0.2, 0) is 0 Å². The van der Waals surface area contributed by atoms with Crippen molar-refractivity contribution in [3.05, 3.63) is 35.5 Å². The van der Waals surface area contributed by atoms with E-state index in [1.54, 1.807) is 0 Å². The Balaban J connectivity index is 1.36. The lowest BCUT2D eigenvalue weighted by atomic mass is 10.2. The maximum atomic E-state index is 12.3. The van der Waals surface area contributed by atoms with E-state index in [-0.39, 0.29) is 5.91 Å². The maximum Gasteiger partial charge on any atom is 0.267 e. The lowest BCUT2D eigenvalue weighted by Crippen LogP contribution is -2.46. The number of carbonyl (C=O) groups excluding carboxylic acids is 1. The number of nitrogens with zero attached hydrogens (tertiary/aromatic N) is 2. The predicted octanol–water partition coefficient (Wildman–Crippen LogP) is 2.62. The Hall–Kier alpha value is -1.85. The van der Waals surface area contributed by atoms with Gasteiger partial charge >= 0.3 is 0 Å². The van der Waals surface area contributed by atoms with E-state index in [9.17, 15) is 4.79 Å². The third kappa shape index (κ3) is 4.83. The molecule has 1 aliphatic rings. The normalized spacial score (nSPS) is 16.4. The second-order valence-electron chi connectivity index (χ2n) is 7.01. The molecule has 0 unspecified atom stereocenters. The summed E-state index contributed by atoms with van der Waals surface area (Å²) in [4.78, 5) is 20.5. The van der Waals surface area contributed by atoms with Crippen molar-refractivity contribution in [3.63, 3.8) is 0 Å². The molecule has 1 fully saturated rings. The van der Waals surface area contributed by atoms with E-state index in [0.717, 1.165) is 43.4 Å². The van der Waals surface area contributed by atoms with Gasteiger partial charge in [-0.15, -0.1) is 0 Å². The van der Waals surface area contributed by atoms with Crippen molar-refractivity contribution in [2.45, 2.75) is 26.7 Å². The minimum atomic E-state index is -0.00888. The van der Waals surface area contributed by atoms with Crippen molar-refractivity contribution in [3.8, 4) is 0 Å². The number of fused-ring (bicyclic) bond motifs is 1. The molecular formula is C20H30N4O. The highest BCUT2D eigenvalue weighted by Gasteiger charge is 2.14. The van der Waals surface area contributed by atoms with Gasteiger partial charge in [-0.3, -0.25) is 4.79 Å². The van der Waals surface area contributed by atoms with Crippen LogP contribution in [0.4, 0.5) is 0 Å². The quantitative estimate of drug-likeness (QED) is 0.761. The van der Waals surface area contributed by atoms with Crippen molar-refractivity contribution in [2.24, 2.45) is 0 Å². The van der Waals surface area contributed by atoms with Gasteiger partial charge in [0.15, 0.2) is 0 Å². The molecule has 1 amide bonds. The fourth-order valence-corrected chi connectivity index (χ4v) is 3.45. The summed E-state index contributed by atoms with van der Waals surface area (Å²) in [5, 5.41) is 4.12. The van der Waals surface area contributed by atoms with Gasteiger partial charge in [0.2, 0.25) is 0 Å². The van der Waals surface area contributed by atoms with Gasteiger partial charge in [0.25, 0.3) is 5.91 Å². The van der Waals surface area contributed by atoms with Crippen LogP contribution < -0.4 is 5.32 Å². The zero-order valence-electron chi connectivity index (χ0n) is 15.5. The van der Waals surface area contributed by atoms with Gasteiger partial charge in [-0.1, -0.05) is 19.1 Å². The molecule has 136 valence electrons. The Morgan fingerprint density at radius 3 is 2.64 bits per heavy atom. The number of likely N-dealkylation sites (N-methyl/N-ethyl adjacent to an activating group) is 1. The molecule has 2 heterocycles. The number of hydrogen-bond acceptors (Lipinski definition) is 3. The molecule has 1 aromatic carbocycles. The summed E-state index contributed by atoms with van der Waals surface area (Å²) in [6.07, 6.45) is 2.16. The number of unbranched alkanes of at least 4 members (excludes halogenated alkanes) is 1. The van der Waals surface area contributed by atoms with Gasteiger partial charge in [0.1, 0.15) is 5.69 Å². The van der Waals surface area contributed by atoms with E-state index in [4.69, 9.17) is 0 Å². The lowest BCUT2D eigenvalue weighted by Gasteiger charge is -2.33. The zero-order valence-corrected chi connectivity index (χ0v) is 15.5. The summed E-state index contributed by atoms with van der Waals surface area (Å²) in [5.74, 6) is -0.00888. The molecule has 25 heavy (non-hydrogen) atoms.